The molecule has 0 amide bonds. The van der Waals surface area contributed by atoms with Gasteiger partial charge in [-0.2, -0.15) is 0 Å². The van der Waals surface area contributed by atoms with E-state index in [-0.39, 0.29) is 22.7 Å². The number of hydrogen-bond acceptors (Lipinski definition) is 4. The molecule has 4 nitrogen and oxygen atoms in total. The van der Waals surface area contributed by atoms with Gasteiger partial charge in [0.1, 0.15) is 5.78 Å². The molecule has 0 N–H and O–H groups in total. The van der Waals surface area contributed by atoms with Crippen molar-refractivity contribution < 1.29 is 18.8 Å². The van der Waals surface area contributed by atoms with Crippen LogP contribution >= 0.6 is 0 Å². The van der Waals surface area contributed by atoms with Crippen LogP contribution in [0.1, 0.15) is 41.5 Å². The van der Waals surface area contributed by atoms with E-state index in [1.54, 1.807) is 6.92 Å². The Morgan fingerprint density at radius 1 is 1.05 bits per heavy atom. The Morgan fingerprint density at radius 2 is 1.50 bits per heavy atom. The average Bonchev–Trinajstić information content (AvgIpc) is 2.31. The van der Waals surface area contributed by atoms with Crippen LogP contribution in [0.2, 0.25) is 18.1 Å². The first-order valence-electron chi connectivity index (χ1n) is 7.11. The second-order valence-electron chi connectivity index (χ2n) is 7.05. The molecule has 3 atom stereocenters. The average molecular weight is 302 g/mol. The first-order chi connectivity index (χ1) is 8.85. The number of rotatable bonds is 6. The Bertz CT molecular complexity index is 357. The maximum Gasteiger partial charge on any atom is 0.310 e. The van der Waals surface area contributed by atoms with Gasteiger partial charge < -0.3 is 9.16 Å². The summed E-state index contributed by atoms with van der Waals surface area (Å²) in [6.07, 6.45) is -0.430. The molecule has 5 heteroatoms. The SMILES string of the molecule is COC(=O)[C@H](C)[C@@H](O[Si](C)(C)C(C)(C)C)[C@@H](C)C(C)=O. The normalized spacial score (nSPS) is 17.2. The number of carbonyl (C=O) groups is 2. The molecule has 0 spiro atoms. The Hall–Kier alpha value is -0.683. The summed E-state index contributed by atoms with van der Waals surface area (Å²) >= 11 is 0. The van der Waals surface area contributed by atoms with Crippen LogP contribution in [-0.4, -0.2) is 33.3 Å². The lowest BCUT2D eigenvalue weighted by atomic mass is 9.91. The Morgan fingerprint density at radius 3 is 1.80 bits per heavy atom. The van der Waals surface area contributed by atoms with Gasteiger partial charge in [-0.15, -0.1) is 0 Å². The van der Waals surface area contributed by atoms with Gasteiger partial charge in [0.25, 0.3) is 0 Å². The lowest BCUT2D eigenvalue weighted by Gasteiger charge is -2.41. The minimum absolute atomic E-state index is 0.0254. The fourth-order valence-electron chi connectivity index (χ4n) is 1.71. The smallest absolute Gasteiger partial charge is 0.310 e. The minimum Gasteiger partial charge on any atom is -0.469 e. The fraction of sp³-hybridized carbons (Fsp3) is 0.867. The van der Waals surface area contributed by atoms with Crippen LogP contribution in [0.15, 0.2) is 0 Å². The number of ketones is 1. The van der Waals surface area contributed by atoms with Crippen LogP contribution in [0.4, 0.5) is 0 Å². The van der Waals surface area contributed by atoms with Crippen molar-refractivity contribution in [1.29, 1.82) is 0 Å². The molecule has 0 aromatic carbocycles. The van der Waals surface area contributed by atoms with Crippen LogP contribution in [0, 0.1) is 11.8 Å². The molecule has 0 saturated carbocycles. The third kappa shape index (κ3) is 4.70. The number of ether oxygens (including phenoxy) is 1. The van der Waals surface area contributed by atoms with Crippen molar-refractivity contribution in [3.63, 3.8) is 0 Å². The van der Waals surface area contributed by atoms with E-state index in [2.05, 4.69) is 33.9 Å². The second kappa shape index (κ2) is 6.85. The van der Waals surface area contributed by atoms with Crippen LogP contribution < -0.4 is 0 Å². The quantitative estimate of drug-likeness (QED) is 0.557. The standard InChI is InChI=1S/C15H30O4Si/c1-10(12(3)16)13(11(2)14(17)18-7)19-20(8,9)15(4,5)6/h10-11,13H,1-9H3/t10-,11+,13-/m0/s1. The Balaban J connectivity index is 5.35. The van der Waals surface area contributed by atoms with Gasteiger partial charge in [0.15, 0.2) is 8.32 Å². The van der Waals surface area contributed by atoms with Crippen LogP contribution in [0.3, 0.4) is 0 Å². The molecule has 0 radical (unpaired) electrons. The topological polar surface area (TPSA) is 52.6 Å². The third-order valence-electron chi connectivity index (χ3n) is 4.44. The predicted octanol–water partition coefficient (Wildman–Crippen LogP) is 3.41. The summed E-state index contributed by atoms with van der Waals surface area (Å²) in [7, 11) is -0.696. The first-order valence-corrected chi connectivity index (χ1v) is 10.0. The maximum absolute atomic E-state index is 11.8. The van der Waals surface area contributed by atoms with Crippen LogP contribution in [-0.2, 0) is 18.8 Å². The highest BCUT2D eigenvalue weighted by atomic mass is 28.4. The summed E-state index contributed by atoms with van der Waals surface area (Å²) in [6, 6.07) is 0. The summed E-state index contributed by atoms with van der Waals surface area (Å²) in [5, 5.41) is 0.0254. The summed E-state index contributed by atoms with van der Waals surface area (Å²) in [4.78, 5) is 23.5. The summed E-state index contributed by atoms with van der Waals surface area (Å²) in [6.45, 7) is 15.8. The zero-order valence-electron chi connectivity index (χ0n) is 14.4. The van der Waals surface area contributed by atoms with Gasteiger partial charge in [-0.1, -0.05) is 27.7 Å². The minimum atomic E-state index is -2.06. The van der Waals surface area contributed by atoms with E-state index in [1.165, 1.54) is 14.0 Å². The fourth-order valence-corrected chi connectivity index (χ4v) is 3.15. The lowest BCUT2D eigenvalue weighted by Crippen LogP contribution is -2.49. The van der Waals surface area contributed by atoms with Gasteiger partial charge in [-0.3, -0.25) is 9.59 Å². The highest BCUT2D eigenvalue weighted by Gasteiger charge is 2.43. The molecule has 0 fully saturated rings. The van der Waals surface area contributed by atoms with Gasteiger partial charge in [0.2, 0.25) is 0 Å². The molecular weight excluding hydrogens is 272 g/mol. The second-order valence-corrected chi connectivity index (χ2v) is 11.8. The molecule has 0 aliphatic heterocycles. The molecular formula is C15H30O4Si. The van der Waals surface area contributed by atoms with E-state index in [9.17, 15) is 9.59 Å². The van der Waals surface area contributed by atoms with Gasteiger partial charge in [-0.25, -0.2) is 0 Å². The highest BCUT2D eigenvalue weighted by Crippen LogP contribution is 2.39. The monoisotopic (exact) mass is 302 g/mol. The van der Waals surface area contributed by atoms with Gasteiger partial charge in [0, 0.05) is 5.92 Å². The van der Waals surface area contributed by atoms with Crippen molar-refractivity contribution >= 4 is 20.1 Å². The maximum atomic E-state index is 11.8. The van der Waals surface area contributed by atoms with Gasteiger partial charge in [-0.05, 0) is 32.0 Å². The van der Waals surface area contributed by atoms with Crippen molar-refractivity contribution in [2.24, 2.45) is 11.8 Å². The molecule has 0 heterocycles. The van der Waals surface area contributed by atoms with E-state index in [4.69, 9.17) is 9.16 Å². The van der Waals surface area contributed by atoms with E-state index in [0.29, 0.717) is 0 Å². The number of Topliss-reactive ketones (excluding diaryl/α,β-unsaturated/α-hetero) is 1. The Labute approximate surface area is 124 Å². The number of methoxy groups -OCH3 is 1. The zero-order valence-corrected chi connectivity index (χ0v) is 15.4. The van der Waals surface area contributed by atoms with Gasteiger partial charge >= 0.3 is 5.97 Å². The molecule has 0 aromatic heterocycles. The van der Waals surface area contributed by atoms with E-state index in [0.717, 1.165) is 0 Å². The molecule has 0 unspecified atom stereocenters. The molecule has 0 saturated heterocycles. The van der Waals surface area contributed by atoms with Crippen molar-refractivity contribution in [2.75, 3.05) is 7.11 Å². The molecule has 0 rings (SSSR count). The first kappa shape index (κ1) is 19.3. The number of hydrogen-bond donors (Lipinski definition) is 0. The molecule has 20 heavy (non-hydrogen) atoms. The largest absolute Gasteiger partial charge is 0.469 e. The molecule has 0 aromatic rings. The van der Waals surface area contributed by atoms with Crippen molar-refractivity contribution in [2.45, 2.75) is 65.8 Å². The summed E-state index contributed by atoms with van der Waals surface area (Å²) in [5.74, 6) is -1.07. The third-order valence-corrected chi connectivity index (χ3v) is 8.91. The summed E-state index contributed by atoms with van der Waals surface area (Å²) < 4.78 is 11.1. The van der Waals surface area contributed by atoms with Crippen molar-refractivity contribution in [3.8, 4) is 0 Å². The van der Waals surface area contributed by atoms with E-state index >= 15 is 0 Å². The van der Waals surface area contributed by atoms with Gasteiger partial charge in [0.05, 0.1) is 19.1 Å². The van der Waals surface area contributed by atoms with Crippen LogP contribution in [0.5, 0.6) is 0 Å². The molecule has 0 aliphatic rings. The Kier molecular flexibility index (Phi) is 6.62. The van der Waals surface area contributed by atoms with E-state index < -0.39 is 20.3 Å². The lowest BCUT2D eigenvalue weighted by molar-refractivity contribution is -0.150. The molecule has 118 valence electrons. The summed E-state index contributed by atoms with van der Waals surface area (Å²) in [5.41, 5.74) is 0. The highest BCUT2D eigenvalue weighted by molar-refractivity contribution is 6.74. The van der Waals surface area contributed by atoms with Crippen molar-refractivity contribution in [3.05, 3.63) is 0 Å². The molecule has 0 aliphatic carbocycles. The number of carbonyl (C=O) groups excluding carboxylic acids is 2. The van der Waals surface area contributed by atoms with Crippen molar-refractivity contribution in [1.82, 2.24) is 0 Å². The zero-order chi connectivity index (χ0) is 16.3. The molecule has 0 bridgehead atoms. The van der Waals surface area contributed by atoms with Crippen LogP contribution in [0.25, 0.3) is 0 Å². The van der Waals surface area contributed by atoms with E-state index in [1.807, 2.05) is 6.92 Å². The predicted molar refractivity (Wildman–Crippen MR) is 83.1 cm³/mol. The number of esters is 1.